The first kappa shape index (κ1) is 22.3. The van der Waals surface area contributed by atoms with E-state index in [1.54, 1.807) is 10.6 Å². The lowest BCUT2D eigenvalue weighted by Gasteiger charge is -2.14. The van der Waals surface area contributed by atoms with Gasteiger partial charge in [-0.2, -0.15) is 0 Å². The Morgan fingerprint density at radius 3 is 2.53 bits per heavy atom. The van der Waals surface area contributed by atoms with Crippen LogP contribution in [0.3, 0.4) is 0 Å². The first-order chi connectivity index (χ1) is 14.3. The van der Waals surface area contributed by atoms with Crippen molar-refractivity contribution in [1.29, 1.82) is 0 Å². The van der Waals surface area contributed by atoms with E-state index in [1.807, 2.05) is 63.4 Å². The molecule has 2 amide bonds. The predicted molar refractivity (Wildman–Crippen MR) is 127 cm³/mol. The van der Waals surface area contributed by atoms with Gasteiger partial charge in [-0.25, -0.2) is 0 Å². The first-order valence-corrected chi connectivity index (χ1v) is 11.4. The van der Waals surface area contributed by atoms with E-state index in [0.29, 0.717) is 16.5 Å². The Morgan fingerprint density at radius 1 is 1.13 bits per heavy atom. The molecule has 1 atom stereocenters. The molecule has 0 saturated carbocycles. The summed E-state index contributed by atoms with van der Waals surface area (Å²) in [7, 11) is 1.82. The lowest BCUT2D eigenvalue weighted by molar-refractivity contribution is -0.113. The summed E-state index contributed by atoms with van der Waals surface area (Å²) in [4.78, 5) is 24.8. The number of anilines is 1. The van der Waals surface area contributed by atoms with Gasteiger partial charge in [-0.15, -0.1) is 10.2 Å². The summed E-state index contributed by atoms with van der Waals surface area (Å²) in [5, 5.41) is 14.8. The van der Waals surface area contributed by atoms with Crippen molar-refractivity contribution in [3.8, 4) is 0 Å². The lowest BCUT2D eigenvalue weighted by Crippen LogP contribution is -2.29. The van der Waals surface area contributed by atoms with Crippen LogP contribution in [-0.2, 0) is 11.8 Å². The molecule has 0 radical (unpaired) electrons. The van der Waals surface area contributed by atoms with Gasteiger partial charge in [-0.1, -0.05) is 30.0 Å². The number of hydrogen-bond donors (Lipinski definition) is 2. The van der Waals surface area contributed by atoms with Crippen LogP contribution in [0.15, 0.2) is 53.7 Å². The average Bonchev–Trinajstić information content (AvgIpc) is 3.09. The highest BCUT2D eigenvalue weighted by atomic mass is 127. The number of amides is 2. The third-order valence-corrected chi connectivity index (χ3v) is 6.19. The molecule has 0 bridgehead atoms. The minimum Gasteiger partial charge on any atom is -0.342 e. The molecule has 7 nitrogen and oxygen atoms in total. The van der Waals surface area contributed by atoms with Crippen LogP contribution < -0.4 is 10.6 Å². The molecular weight excluding hydrogens is 513 g/mol. The fourth-order valence-corrected chi connectivity index (χ4v) is 3.93. The molecule has 1 heterocycles. The molecular formula is C21H22IN5O2S. The van der Waals surface area contributed by atoms with E-state index in [1.165, 1.54) is 11.8 Å². The maximum Gasteiger partial charge on any atom is 0.252 e. The summed E-state index contributed by atoms with van der Waals surface area (Å²) in [5.41, 5.74) is 2.30. The number of aryl methyl sites for hydroxylation is 1. The fraction of sp³-hybridized carbons (Fsp3) is 0.238. The van der Waals surface area contributed by atoms with Crippen LogP contribution in [0.2, 0.25) is 0 Å². The van der Waals surface area contributed by atoms with E-state index < -0.39 is 0 Å². The van der Waals surface area contributed by atoms with Gasteiger partial charge in [0.05, 0.1) is 11.8 Å². The molecule has 156 valence electrons. The largest absolute Gasteiger partial charge is 0.342 e. The van der Waals surface area contributed by atoms with Crippen molar-refractivity contribution in [2.75, 3.05) is 11.1 Å². The molecule has 0 aliphatic heterocycles. The predicted octanol–water partition coefficient (Wildman–Crippen LogP) is 3.95. The number of nitrogens with zero attached hydrogens (tertiary/aromatic N) is 3. The Kier molecular flexibility index (Phi) is 7.48. The smallest absolute Gasteiger partial charge is 0.252 e. The zero-order valence-corrected chi connectivity index (χ0v) is 19.8. The summed E-state index contributed by atoms with van der Waals surface area (Å²) in [6.07, 6.45) is 0. The van der Waals surface area contributed by atoms with E-state index in [2.05, 4.69) is 43.4 Å². The van der Waals surface area contributed by atoms with Gasteiger partial charge in [-0.3, -0.25) is 9.59 Å². The molecule has 3 rings (SSSR count). The zero-order chi connectivity index (χ0) is 21.7. The molecule has 9 heteroatoms. The number of thioether (sulfide) groups is 1. The lowest BCUT2D eigenvalue weighted by atomic mass is 10.1. The van der Waals surface area contributed by atoms with Crippen molar-refractivity contribution in [2.24, 2.45) is 7.05 Å². The van der Waals surface area contributed by atoms with Gasteiger partial charge in [0.15, 0.2) is 11.0 Å². The Bertz CT molecular complexity index is 1050. The molecule has 30 heavy (non-hydrogen) atoms. The Morgan fingerprint density at radius 2 is 1.83 bits per heavy atom. The molecule has 0 fully saturated rings. The van der Waals surface area contributed by atoms with Gasteiger partial charge >= 0.3 is 0 Å². The summed E-state index contributed by atoms with van der Waals surface area (Å²) < 4.78 is 2.90. The Balaban J connectivity index is 1.58. The average molecular weight is 535 g/mol. The monoisotopic (exact) mass is 535 g/mol. The summed E-state index contributed by atoms with van der Waals surface area (Å²) in [6, 6.07) is 14.7. The molecule has 0 aliphatic rings. The minimum absolute atomic E-state index is 0.119. The van der Waals surface area contributed by atoms with Crippen LogP contribution in [0, 0.1) is 10.5 Å². The highest BCUT2D eigenvalue weighted by Crippen LogP contribution is 2.20. The van der Waals surface area contributed by atoms with Gasteiger partial charge in [0, 0.05) is 21.9 Å². The molecule has 2 N–H and O–H groups in total. The van der Waals surface area contributed by atoms with Crippen molar-refractivity contribution in [3.63, 3.8) is 0 Å². The maximum absolute atomic E-state index is 12.5. The van der Waals surface area contributed by atoms with Crippen LogP contribution in [0.25, 0.3) is 0 Å². The minimum atomic E-state index is -0.329. The van der Waals surface area contributed by atoms with Gasteiger partial charge < -0.3 is 15.2 Å². The van der Waals surface area contributed by atoms with Crippen LogP contribution >= 0.6 is 34.4 Å². The van der Waals surface area contributed by atoms with Crippen molar-refractivity contribution in [2.45, 2.75) is 25.0 Å². The van der Waals surface area contributed by atoms with Crippen LogP contribution in [0.5, 0.6) is 0 Å². The molecule has 0 spiro atoms. The molecule has 2 aromatic carbocycles. The van der Waals surface area contributed by atoms with E-state index in [9.17, 15) is 9.59 Å². The standard InChI is InChI=1S/C21H22IN5O2S/c1-13-6-4-5-7-17(13)20(29)23-14(2)19-25-26-21(27(19)3)30-12-18(28)24-16-10-8-15(22)9-11-16/h4-11,14H,12H2,1-3H3,(H,23,29)(H,24,28)/t14-/m1/s1. The number of aromatic nitrogens is 3. The number of rotatable bonds is 7. The van der Waals surface area contributed by atoms with E-state index in [4.69, 9.17) is 0 Å². The topological polar surface area (TPSA) is 88.9 Å². The van der Waals surface area contributed by atoms with Gasteiger partial charge in [0.2, 0.25) is 5.91 Å². The van der Waals surface area contributed by atoms with Crippen molar-refractivity contribution < 1.29 is 9.59 Å². The third kappa shape index (κ3) is 5.60. The molecule has 0 unspecified atom stereocenters. The van der Waals surface area contributed by atoms with Gasteiger partial charge in [0.25, 0.3) is 5.91 Å². The second kappa shape index (κ2) is 10.1. The number of nitrogens with one attached hydrogen (secondary N) is 2. The van der Waals surface area contributed by atoms with Crippen LogP contribution in [-0.4, -0.2) is 32.3 Å². The normalized spacial score (nSPS) is 11.7. The van der Waals surface area contributed by atoms with Crippen molar-refractivity contribution in [3.05, 3.63) is 69.1 Å². The second-order valence-corrected chi connectivity index (χ2v) is 8.94. The third-order valence-electron chi connectivity index (χ3n) is 4.45. The van der Waals surface area contributed by atoms with E-state index in [0.717, 1.165) is 14.8 Å². The first-order valence-electron chi connectivity index (χ1n) is 9.29. The highest BCUT2D eigenvalue weighted by molar-refractivity contribution is 14.1. The summed E-state index contributed by atoms with van der Waals surface area (Å²) in [5.74, 6) is 0.556. The van der Waals surface area contributed by atoms with Gasteiger partial charge in [0.1, 0.15) is 0 Å². The van der Waals surface area contributed by atoms with Gasteiger partial charge in [-0.05, 0) is 72.3 Å². The number of hydrogen-bond acceptors (Lipinski definition) is 5. The highest BCUT2D eigenvalue weighted by Gasteiger charge is 2.19. The number of carbonyl (C=O) groups is 2. The van der Waals surface area contributed by atoms with Crippen LogP contribution in [0.4, 0.5) is 5.69 Å². The fourth-order valence-electron chi connectivity index (χ4n) is 2.86. The van der Waals surface area contributed by atoms with E-state index >= 15 is 0 Å². The molecule has 0 saturated heterocycles. The Hall–Kier alpha value is -2.40. The molecule has 3 aromatic rings. The SMILES string of the molecule is Cc1ccccc1C(=O)N[C@H](C)c1nnc(SCC(=O)Nc2ccc(I)cc2)n1C. The van der Waals surface area contributed by atoms with Crippen molar-refractivity contribution in [1.82, 2.24) is 20.1 Å². The quantitative estimate of drug-likeness (QED) is 0.354. The second-order valence-electron chi connectivity index (χ2n) is 6.75. The van der Waals surface area contributed by atoms with Crippen LogP contribution in [0.1, 0.15) is 34.7 Å². The Labute approximate surface area is 193 Å². The maximum atomic E-state index is 12.5. The summed E-state index contributed by atoms with van der Waals surface area (Å²) in [6.45, 7) is 3.76. The summed E-state index contributed by atoms with van der Waals surface area (Å²) >= 11 is 3.51. The number of benzene rings is 2. The zero-order valence-electron chi connectivity index (χ0n) is 16.8. The number of halogens is 1. The molecule has 1 aromatic heterocycles. The molecule has 0 aliphatic carbocycles. The van der Waals surface area contributed by atoms with E-state index in [-0.39, 0.29) is 23.6 Å². The van der Waals surface area contributed by atoms with Crippen molar-refractivity contribution >= 4 is 51.9 Å². The number of carbonyl (C=O) groups excluding carboxylic acids is 2.